The van der Waals surface area contributed by atoms with E-state index in [1.165, 1.54) is 12.3 Å². The lowest BCUT2D eigenvalue weighted by molar-refractivity contribution is -0.118. The SMILES string of the molecule is COc1ccc(NC(=O)COc2ccc(F)nc2)cc1. The van der Waals surface area contributed by atoms with E-state index in [0.717, 1.165) is 6.07 Å². The number of rotatable bonds is 5. The fourth-order valence-electron chi connectivity index (χ4n) is 1.47. The Balaban J connectivity index is 1.84. The lowest BCUT2D eigenvalue weighted by Gasteiger charge is -2.07. The van der Waals surface area contributed by atoms with Crippen molar-refractivity contribution >= 4 is 11.6 Å². The molecular formula is C14H13FN2O3. The van der Waals surface area contributed by atoms with Gasteiger partial charge in [0.25, 0.3) is 5.91 Å². The van der Waals surface area contributed by atoms with Crippen molar-refractivity contribution in [3.05, 3.63) is 48.5 Å². The third-order valence-electron chi connectivity index (χ3n) is 2.44. The van der Waals surface area contributed by atoms with Gasteiger partial charge in [0.1, 0.15) is 11.5 Å². The molecule has 1 aromatic carbocycles. The van der Waals surface area contributed by atoms with Crippen LogP contribution < -0.4 is 14.8 Å². The smallest absolute Gasteiger partial charge is 0.262 e. The molecule has 0 radical (unpaired) electrons. The number of anilines is 1. The molecule has 0 aliphatic carbocycles. The van der Waals surface area contributed by atoms with Crippen LogP contribution in [0.2, 0.25) is 0 Å². The summed E-state index contributed by atoms with van der Waals surface area (Å²) in [4.78, 5) is 15.1. The van der Waals surface area contributed by atoms with Gasteiger partial charge in [-0.05, 0) is 36.4 Å². The van der Waals surface area contributed by atoms with Crippen LogP contribution in [0.15, 0.2) is 42.6 Å². The number of carbonyl (C=O) groups is 1. The molecule has 0 unspecified atom stereocenters. The van der Waals surface area contributed by atoms with Crippen molar-refractivity contribution in [3.63, 3.8) is 0 Å². The number of pyridine rings is 1. The number of hydrogen-bond donors (Lipinski definition) is 1. The molecular weight excluding hydrogens is 263 g/mol. The van der Waals surface area contributed by atoms with E-state index in [0.29, 0.717) is 17.2 Å². The van der Waals surface area contributed by atoms with Crippen molar-refractivity contribution in [1.29, 1.82) is 0 Å². The second-order valence-electron chi connectivity index (χ2n) is 3.88. The van der Waals surface area contributed by atoms with Crippen molar-refractivity contribution < 1.29 is 18.7 Å². The molecule has 20 heavy (non-hydrogen) atoms. The monoisotopic (exact) mass is 276 g/mol. The molecule has 0 bridgehead atoms. The summed E-state index contributed by atoms with van der Waals surface area (Å²) < 4.78 is 22.8. The molecule has 0 atom stereocenters. The van der Waals surface area contributed by atoms with Crippen LogP contribution in [-0.4, -0.2) is 24.6 Å². The van der Waals surface area contributed by atoms with Gasteiger partial charge < -0.3 is 14.8 Å². The third-order valence-corrected chi connectivity index (χ3v) is 2.44. The summed E-state index contributed by atoms with van der Waals surface area (Å²) in [6.07, 6.45) is 1.22. The van der Waals surface area contributed by atoms with E-state index in [1.54, 1.807) is 31.4 Å². The Morgan fingerprint density at radius 2 is 1.90 bits per heavy atom. The molecule has 2 aromatic rings. The van der Waals surface area contributed by atoms with Gasteiger partial charge in [-0.2, -0.15) is 4.39 Å². The Labute approximate surface area is 115 Å². The second kappa shape index (κ2) is 6.51. The summed E-state index contributed by atoms with van der Waals surface area (Å²) in [6.45, 7) is -0.181. The van der Waals surface area contributed by atoms with Gasteiger partial charge in [0.15, 0.2) is 6.61 Å². The highest BCUT2D eigenvalue weighted by Gasteiger charge is 2.04. The van der Waals surface area contributed by atoms with Gasteiger partial charge in [0.2, 0.25) is 5.95 Å². The van der Waals surface area contributed by atoms with Gasteiger partial charge in [-0.1, -0.05) is 0 Å². The Bertz CT molecular complexity index is 570. The predicted octanol–water partition coefficient (Wildman–Crippen LogP) is 2.25. The Morgan fingerprint density at radius 1 is 1.20 bits per heavy atom. The topological polar surface area (TPSA) is 60.5 Å². The summed E-state index contributed by atoms with van der Waals surface area (Å²) in [5.41, 5.74) is 0.636. The second-order valence-corrected chi connectivity index (χ2v) is 3.88. The minimum atomic E-state index is -0.597. The van der Waals surface area contributed by atoms with Crippen LogP contribution in [0.1, 0.15) is 0 Å². The van der Waals surface area contributed by atoms with Crippen LogP contribution in [0.4, 0.5) is 10.1 Å². The number of benzene rings is 1. The summed E-state index contributed by atoms with van der Waals surface area (Å²) >= 11 is 0. The summed E-state index contributed by atoms with van der Waals surface area (Å²) in [5.74, 6) is 0.118. The Kier molecular flexibility index (Phi) is 4.49. The van der Waals surface area contributed by atoms with Gasteiger partial charge in [0, 0.05) is 5.69 Å². The molecule has 1 heterocycles. The zero-order valence-corrected chi connectivity index (χ0v) is 10.8. The summed E-state index contributed by atoms with van der Waals surface area (Å²) in [7, 11) is 1.57. The van der Waals surface area contributed by atoms with Gasteiger partial charge in [0.05, 0.1) is 13.3 Å². The number of ether oxygens (including phenoxy) is 2. The fraction of sp³-hybridized carbons (Fsp3) is 0.143. The number of amides is 1. The molecule has 104 valence electrons. The quantitative estimate of drug-likeness (QED) is 0.851. The van der Waals surface area contributed by atoms with Gasteiger partial charge in [-0.25, -0.2) is 4.98 Å². The highest BCUT2D eigenvalue weighted by molar-refractivity contribution is 5.91. The van der Waals surface area contributed by atoms with E-state index in [1.807, 2.05) is 0 Å². The van der Waals surface area contributed by atoms with E-state index in [9.17, 15) is 9.18 Å². The molecule has 1 aromatic heterocycles. The number of aromatic nitrogens is 1. The molecule has 2 rings (SSSR count). The minimum Gasteiger partial charge on any atom is -0.497 e. The molecule has 0 aliphatic rings. The third kappa shape index (κ3) is 3.94. The average molecular weight is 276 g/mol. The van der Waals surface area contributed by atoms with Crippen molar-refractivity contribution in [2.24, 2.45) is 0 Å². The lowest BCUT2D eigenvalue weighted by Crippen LogP contribution is -2.20. The Hall–Kier alpha value is -2.63. The van der Waals surface area contributed by atoms with Crippen molar-refractivity contribution in [3.8, 4) is 11.5 Å². The first-order valence-electron chi connectivity index (χ1n) is 5.85. The number of halogens is 1. The standard InChI is InChI=1S/C14H13FN2O3/c1-19-11-4-2-10(3-5-11)17-14(18)9-20-12-6-7-13(15)16-8-12/h2-8H,9H2,1H3,(H,17,18). The van der Waals surface area contributed by atoms with Crippen LogP contribution in [0.5, 0.6) is 11.5 Å². The zero-order chi connectivity index (χ0) is 14.4. The zero-order valence-electron chi connectivity index (χ0n) is 10.8. The molecule has 6 heteroatoms. The van der Waals surface area contributed by atoms with Gasteiger partial charge in [-0.3, -0.25) is 4.79 Å². The molecule has 1 amide bonds. The first-order valence-corrected chi connectivity index (χ1v) is 5.85. The highest BCUT2D eigenvalue weighted by atomic mass is 19.1. The molecule has 5 nitrogen and oxygen atoms in total. The average Bonchev–Trinajstić information content (AvgIpc) is 2.47. The Morgan fingerprint density at radius 3 is 2.50 bits per heavy atom. The molecule has 0 spiro atoms. The highest BCUT2D eigenvalue weighted by Crippen LogP contribution is 2.15. The van der Waals surface area contributed by atoms with Crippen molar-refractivity contribution in [2.45, 2.75) is 0 Å². The van der Waals surface area contributed by atoms with Crippen LogP contribution in [0.3, 0.4) is 0 Å². The largest absolute Gasteiger partial charge is 0.497 e. The summed E-state index contributed by atoms with van der Waals surface area (Å²) in [5, 5.41) is 2.66. The van der Waals surface area contributed by atoms with Crippen molar-refractivity contribution in [1.82, 2.24) is 4.98 Å². The number of nitrogens with zero attached hydrogens (tertiary/aromatic N) is 1. The van der Waals surface area contributed by atoms with E-state index in [-0.39, 0.29) is 12.5 Å². The van der Waals surface area contributed by atoms with E-state index in [4.69, 9.17) is 9.47 Å². The van der Waals surface area contributed by atoms with Crippen molar-refractivity contribution in [2.75, 3.05) is 19.0 Å². The van der Waals surface area contributed by atoms with Crippen LogP contribution in [0.25, 0.3) is 0 Å². The van der Waals surface area contributed by atoms with Crippen LogP contribution >= 0.6 is 0 Å². The maximum Gasteiger partial charge on any atom is 0.262 e. The molecule has 1 N–H and O–H groups in total. The van der Waals surface area contributed by atoms with E-state index < -0.39 is 5.95 Å². The van der Waals surface area contributed by atoms with Gasteiger partial charge in [-0.15, -0.1) is 0 Å². The molecule has 0 fully saturated rings. The van der Waals surface area contributed by atoms with E-state index >= 15 is 0 Å². The number of nitrogens with one attached hydrogen (secondary N) is 1. The minimum absolute atomic E-state index is 0.181. The van der Waals surface area contributed by atoms with Crippen LogP contribution in [-0.2, 0) is 4.79 Å². The molecule has 0 saturated carbocycles. The predicted molar refractivity (Wildman–Crippen MR) is 71.3 cm³/mol. The lowest BCUT2D eigenvalue weighted by atomic mass is 10.3. The molecule has 0 aliphatic heterocycles. The maximum absolute atomic E-state index is 12.6. The number of hydrogen-bond acceptors (Lipinski definition) is 4. The van der Waals surface area contributed by atoms with Crippen LogP contribution in [0, 0.1) is 5.95 Å². The fourth-order valence-corrected chi connectivity index (χ4v) is 1.47. The number of carbonyl (C=O) groups excluding carboxylic acids is 1. The normalized spacial score (nSPS) is 9.90. The molecule has 0 saturated heterocycles. The first-order chi connectivity index (χ1) is 9.67. The first kappa shape index (κ1) is 13.8. The number of methoxy groups -OCH3 is 1. The van der Waals surface area contributed by atoms with E-state index in [2.05, 4.69) is 10.3 Å². The maximum atomic E-state index is 12.6. The summed E-state index contributed by atoms with van der Waals surface area (Å²) in [6, 6.07) is 9.48. The van der Waals surface area contributed by atoms with Gasteiger partial charge >= 0.3 is 0 Å².